The summed E-state index contributed by atoms with van der Waals surface area (Å²) in [4.78, 5) is 23.0. The lowest BCUT2D eigenvalue weighted by molar-refractivity contribution is 0.246. The Morgan fingerprint density at radius 2 is 1.77 bits per heavy atom. The minimum atomic E-state index is -0.804. The van der Waals surface area contributed by atoms with E-state index in [1.807, 2.05) is 19.9 Å². The van der Waals surface area contributed by atoms with Crippen LogP contribution in [0.4, 0.5) is 25.2 Å². The number of nitrogens with one attached hydrogen (secondary N) is 2. The molecule has 2 heterocycles. The maximum atomic E-state index is 13.6. The fourth-order valence-corrected chi connectivity index (χ4v) is 3.01. The Morgan fingerprint density at radius 3 is 2.38 bits per heavy atom. The van der Waals surface area contributed by atoms with Crippen LogP contribution in [0.5, 0.6) is 0 Å². The smallest absolute Gasteiger partial charge is 0.319 e. The van der Waals surface area contributed by atoms with Crippen molar-refractivity contribution in [2.45, 2.75) is 32.7 Å². The maximum Gasteiger partial charge on any atom is 0.319 e. The first kappa shape index (κ1) is 18.0. The zero-order valence-corrected chi connectivity index (χ0v) is 14.7. The van der Waals surface area contributed by atoms with E-state index in [2.05, 4.69) is 25.5 Å². The second-order valence-electron chi connectivity index (χ2n) is 6.43. The van der Waals surface area contributed by atoms with Gasteiger partial charge in [-0.1, -0.05) is 0 Å². The van der Waals surface area contributed by atoms with E-state index in [0.717, 1.165) is 49.5 Å². The van der Waals surface area contributed by atoms with E-state index in [0.29, 0.717) is 5.95 Å². The topological polar surface area (TPSA) is 70.2 Å². The van der Waals surface area contributed by atoms with Gasteiger partial charge in [-0.3, -0.25) is 0 Å². The van der Waals surface area contributed by atoms with Gasteiger partial charge in [0.2, 0.25) is 5.95 Å². The van der Waals surface area contributed by atoms with Crippen molar-refractivity contribution in [1.29, 1.82) is 0 Å². The van der Waals surface area contributed by atoms with Gasteiger partial charge in [0.25, 0.3) is 0 Å². The summed E-state index contributed by atoms with van der Waals surface area (Å²) in [7, 11) is 0. The molecule has 1 aromatic carbocycles. The second kappa shape index (κ2) is 7.63. The minimum Gasteiger partial charge on any atom is -0.341 e. The Bertz CT molecular complexity index is 786. The average molecular weight is 361 g/mol. The van der Waals surface area contributed by atoms with Crippen LogP contribution in [0.25, 0.3) is 0 Å². The number of piperidine rings is 1. The summed E-state index contributed by atoms with van der Waals surface area (Å²) in [5, 5.41) is 5.24. The monoisotopic (exact) mass is 361 g/mol. The molecule has 8 heteroatoms. The van der Waals surface area contributed by atoms with Crippen LogP contribution < -0.4 is 15.5 Å². The number of rotatable bonds is 3. The van der Waals surface area contributed by atoms with Crippen molar-refractivity contribution in [3.05, 3.63) is 47.3 Å². The lowest BCUT2D eigenvalue weighted by Crippen LogP contribution is -2.46. The van der Waals surface area contributed by atoms with Crippen molar-refractivity contribution >= 4 is 17.7 Å². The third-order valence-corrected chi connectivity index (χ3v) is 4.26. The summed E-state index contributed by atoms with van der Waals surface area (Å²) in [5.74, 6) is -0.782. The molecule has 0 atom stereocenters. The normalized spacial score (nSPS) is 15.0. The van der Waals surface area contributed by atoms with Gasteiger partial charge in [-0.25, -0.2) is 23.5 Å². The molecule has 1 aromatic heterocycles. The molecule has 0 radical (unpaired) electrons. The minimum absolute atomic E-state index is 0.0272. The van der Waals surface area contributed by atoms with E-state index in [4.69, 9.17) is 0 Å². The first-order valence-corrected chi connectivity index (χ1v) is 8.50. The van der Waals surface area contributed by atoms with E-state index in [9.17, 15) is 13.6 Å². The summed E-state index contributed by atoms with van der Waals surface area (Å²) in [6, 6.07) is 4.43. The molecular weight excluding hydrogens is 340 g/mol. The highest BCUT2D eigenvalue weighted by Crippen LogP contribution is 2.18. The van der Waals surface area contributed by atoms with Gasteiger partial charge in [-0.15, -0.1) is 0 Å². The lowest BCUT2D eigenvalue weighted by atomic mass is 10.1. The number of urea groups is 1. The Kier molecular flexibility index (Phi) is 5.29. The molecule has 1 aliphatic heterocycles. The maximum absolute atomic E-state index is 13.6. The van der Waals surface area contributed by atoms with Gasteiger partial charge in [0.05, 0.1) is 5.69 Å². The number of carbonyl (C=O) groups is 1. The highest BCUT2D eigenvalue weighted by atomic mass is 19.1. The van der Waals surface area contributed by atoms with Crippen LogP contribution in [-0.4, -0.2) is 35.1 Å². The molecule has 0 spiro atoms. The van der Waals surface area contributed by atoms with Crippen LogP contribution in [0, 0.1) is 25.5 Å². The molecule has 2 amide bonds. The first-order valence-electron chi connectivity index (χ1n) is 8.50. The molecule has 1 saturated heterocycles. The third-order valence-electron chi connectivity index (χ3n) is 4.26. The Labute approximate surface area is 150 Å². The quantitative estimate of drug-likeness (QED) is 0.881. The molecular formula is C18H21F2N5O. The number of hydrogen-bond donors (Lipinski definition) is 2. The third kappa shape index (κ3) is 4.44. The fraction of sp³-hybridized carbons (Fsp3) is 0.389. The fourth-order valence-electron chi connectivity index (χ4n) is 3.01. The largest absolute Gasteiger partial charge is 0.341 e. The summed E-state index contributed by atoms with van der Waals surface area (Å²) in [6.45, 7) is 5.31. The van der Waals surface area contributed by atoms with E-state index in [-0.39, 0.29) is 11.7 Å². The van der Waals surface area contributed by atoms with Gasteiger partial charge in [-0.05, 0) is 44.9 Å². The van der Waals surface area contributed by atoms with E-state index in [1.165, 1.54) is 6.07 Å². The predicted molar refractivity (Wildman–Crippen MR) is 95.3 cm³/mol. The van der Waals surface area contributed by atoms with Crippen LogP contribution in [0.2, 0.25) is 0 Å². The molecule has 0 saturated carbocycles. The molecule has 2 aromatic rings. The molecule has 6 nitrogen and oxygen atoms in total. The molecule has 2 N–H and O–H groups in total. The summed E-state index contributed by atoms with van der Waals surface area (Å²) < 4.78 is 26.5. The molecule has 0 bridgehead atoms. The number of anilines is 2. The number of aromatic nitrogens is 2. The standard InChI is InChI=1S/C18H21F2N5O/c1-11-9-12(2)22-17(21-11)25-7-5-14(6-8-25)23-18(26)24-16-4-3-13(19)10-15(16)20/h3-4,9-10,14H,5-8H2,1-2H3,(H2,23,24,26). The number of amides is 2. The van der Waals surface area contributed by atoms with Crippen LogP contribution in [0.3, 0.4) is 0 Å². The van der Waals surface area contributed by atoms with Gasteiger partial charge in [0.1, 0.15) is 11.6 Å². The predicted octanol–water partition coefficient (Wildman–Crippen LogP) is 3.16. The van der Waals surface area contributed by atoms with Crippen molar-refractivity contribution in [2.75, 3.05) is 23.3 Å². The molecule has 3 rings (SSSR count). The average Bonchev–Trinajstić information content (AvgIpc) is 2.57. The van der Waals surface area contributed by atoms with Crippen LogP contribution in [-0.2, 0) is 0 Å². The van der Waals surface area contributed by atoms with Crippen molar-refractivity contribution in [1.82, 2.24) is 15.3 Å². The van der Waals surface area contributed by atoms with Crippen molar-refractivity contribution in [2.24, 2.45) is 0 Å². The van der Waals surface area contributed by atoms with Gasteiger partial charge in [0, 0.05) is 36.6 Å². The number of carbonyl (C=O) groups excluding carboxylic acids is 1. The van der Waals surface area contributed by atoms with E-state index in [1.54, 1.807) is 0 Å². The number of aryl methyl sites for hydroxylation is 2. The number of hydrogen-bond acceptors (Lipinski definition) is 4. The van der Waals surface area contributed by atoms with E-state index >= 15 is 0 Å². The van der Waals surface area contributed by atoms with Gasteiger partial charge in [0.15, 0.2) is 0 Å². The molecule has 1 fully saturated rings. The van der Waals surface area contributed by atoms with Crippen LogP contribution in [0.1, 0.15) is 24.2 Å². The summed E-state index contributed by atoms with van der Waals surface area (Å²) >= 11 is 0. The zero-order valence-electron chi connectivity index (χ0n) is 14.7. The number of nitrogens with zero attached hydrogens (tertiary/aromatic N) is 3. The zero-order chi connectivity index (χ0) is 18.7. The molecule has 26 heavy (non-hydrogen) atoms. The van der Waals surface area contributed by atoms with Gasteiger partial charge >= 0.3 is 6.03 Å². The second-order valence-corrected chi connectivity index (χ2v) is 6.43. The van der Waals surface area contributed by atoms with Crippen LogP contribution in [0.15, 0.2) is 24.3 Å². The van der Waals surface area contributed by atoms with E-state index < -0.39 is 17.7 Å². The molecule has 138 valence electrons. The lowest BCUT2D eigenvalue weighted by Gasteiger charge is -2.32. The SMILES string of the molecule is Cc1cc(C)nc(N2CCC(NC(=O)Nc3ccc(F)cc3F)CC2)n1. The van der Waals surface area contributed by atoms with Gasteiger partial charge in [-0.2, -0.15) is 0 Å². The molecule has 1 aliphatic rings. The Balaban J connectivity index is 1.52. The highest BCUT2D eigenvalue weighted by Gasteiger charge is 2.23. The highest BCUT2D eigenvalue weighted by molar-refractivity contribution is 5.89. The van der Waals surface area contributed by atoms with Crippen LogP contribution >= 0.6 is 0 Å². The number of benzene rings is 1. The Morgan fingerprint density at radius 1 is 1.12 bits per heavy atom. The summed E-state index contributed by atoms with van der Waals surface area (Å²) in [6.07, 6.45) is 1.46. The van der Waals surface area contributed by atoms with Gasteiger partial charge < -0.3 is 15.5 Å². The first-order chi connectivity index (χ1) is 12.4. The number of halogens is 2. The molecule has 0 aliphatic carbocycles. The van der Waals surface area contributed by atoms with Crippen molar-refractivity contribution in [3.63, 3.8) is 0 Å². The summed E-state index contributed by atoms with van der Waals surface area (Å²) in [5.41, 5.74) is 1.80. The van der Waals surface area contributed by atoms with Crippen molar-refractivity contribution < 1.29 is 13.6 Å². The van der Waals surface area contributed by atoms with Crippen molar-refractivity contribution in [3.8, 4) is 0 Å². The molecule has 0 unspecified atom stereocenters. The Hall–Kier alpha value is -2.77.